The summed E-state index contributed by atoms with van der Waals surface area (Å²) in [6.45, 7) is 3.75. The zero-order chi connectivity index (χ0) is 22.7. The third-order valence-corrected chi connectivity index (χ3v) is 6.42. The molecular formula is C21H20N6O3S2. The van der Waals surface area contributed by atoms with Gasteiger partial charge < -0.3 is 10.1 Å². The van der Waals surface area contributed by atoms with Crippen molar-refractivity contribution >= 4 is 39.6 Å². The molecule has 164 valence electrons. The minimum absolute atomic E-state index is 0.0720. The number of carbonyl (C=O) groups is 2. The number of anilines is 1. The van der Waals surface area contributed by atoms with Gasteiger partial charge >= 0.3 is 0 Å². The first-order valence-corrected chi connectivity index (χ1v) is 11.3. The monoisotopic (exact) mass is 468 g/mol. The number of thiophene rings is 1. The molecule has 0 aliphatic heterocycles. The van der Waals surface area contributed by atoms with Crippen molar-refractivity contribution in [3.05, 3.63) is 58.0 Å². The molecule has 0 bridgehead atoms. The van der Waals surface area contributed by atoms with Gasteiger partial charge in [0, 0.05) is 23.2 Å². The number of hydrogen-bond donors (Lipinski definition) is 2. The van der Waals surface area contributed by atoms with Gasteiger partial charge in [0.25, 0.3) is 5.91 Å². The van der Waals surface area contributed by atoms with E-state index in [9.17, 15) is 9.59 Å². The highest BCUT2D eigenvalue weighted by Crippen LogP contribution is 2.31. The lowest BCUT2D eigenvalue weighted by molar-refractivity contribution is -0.119. The molecule has 2 N–H and O–H groups in total. The zero-order valence-electron chi connectivity index (χ0n) is 17.6. The maximum absolute atomic E-state index is 12.8. The minimum Gasteiger partial charge on any atom is -0.497 e. The molecule has 3 aromatic heterocycles. The Kier molecular flexibility index (Phi) is 6.28. The number of carbonyl (C=O) groups excluding carboxylic acids is 2. The molecule has 0 radical (unpaired) electrons. The van der Waals surface area contributed by atoms with Crippen LogP contribution in [0, 0.1) is 6.92 Å². The Labute approximate surface area is 192 Å². The van der Waals surface area contributed by atoms with Crippen molar-refractivity contribution in [2.45, 2.75) is 20.4 Å². The second-order valence-electron chi connectivity index (χ2n) is 6.80. The Bertz CT molecular complexity index is 1280. The number of thiazole rings is 1. The number of aromatic nitrogens is 4. The molecule has 32 heavy (non-hydrogen) atoms. The Balaban J connectivity index is 1.47. The predicted molar refractivity (Wildman–Crippen MR) is 124 cm³/mol. The van der Waals surface area contributed by atoms with Gasteiger partial charge in [0.05, 0.1) is 35.6 Å². The van der Waals surface area contributed by atoms with E-state index in [-0.39, 0.29) is 17.5 Å². The van der Waals surface area contributed by atoms with Crippen molar-refractivity contribution in [3.63, 3.8) is 0 Å². The molecule has 4 aromatic rings. The third-order valence-electron chi connectivity index (χ3n) is 4.56. The first-order chi connectivity index (χ1) is 15.4. The largest absolute Gasteiger partial charge is 0.497 e. The molecule has 0 saturated carbocycles. The van der Waals surface area contributed by atoms with Crippen LogP contribution in [0.1, 0.15) is 28.0 Å². The summed E-state index contributed by atoms with van der Waals surface area (Å²) >= 11 is 2.87. The summed E-state index contributed by atoms with van der Waals surface area (Å²) in [6.07, 6.45) is 0. The Morgan fingerprint density at radius 3 is 2.84 bits per heavy atom. The van der Waals surface area contributed by atoms with Crippen molar-refractivity contribution in [2.24, 2.45) is 0 Å². The predicted octanol–water partition coefficient (Wildman–Crippen LogP) is 3.66. The third kappa shape index (κ3) is 4.68. The van der Waals surface area contributed by atoms with E-state index in [1.54, 1.807) is 30.1 Å². The Morgan fingerprint density at radius 2 is 2.06 bits per heavy atom. The first kappa shape index (κ1) is 21.7. The molecule has 0 fully saturated rings. The molecule has 0 unspecified atom stereocenters. The van der Waals surface area contributed by atoms with E-state index in [2.05, 4.69) is 25.9 Å². The van der Waals surface area contributed by atoms with Crippen LogP contribution in [0.5, 0.6) is 5.75 Å². The average Bonchev–Trinajstić information content (AvgIpc) is 3.52. The molecule has 0 atom stereocenters. The second kappa shape index (κ2) is 9.28. The highest BCUT2D eigenvalue weighted by Gasteiger charge is 2.19. The van der Waals surface area contributed by atoms with Gasteiger partial charge in [-0.15, -0.1) is 27.8 Å². The van der Waals surface area contributed by atoms with Gasteiger partial charge in [-0.3, -0.25) is 14.9 Å². The highest BCUT2D eigenvalue weighted by atomic mass is 32.1. The van der Waals surface area contributed by atoms with Crippen molar-refractivity contribution in [3.8, 4) is 22.0 Å². The fourth-order valence-corrected chi connectivity index (χ4v) is 4.64. The number of methoxy groups -OCH3 is 1. The topological polar surface area (TPSA) is 111 Å². The van der Waals surface area contributed by atoms with Crippen LogP contribution in [0.15, 0.2) is 41.8 Å². The SMILES string of the molecule is COc1cccc(-n2nnc(C(=O)Nc3nc(-c4ccc(CNC(C)=O)s4)cs3)c2C)c1. The van der Waals surface area contributed by atoms with Crippen LogP contribution in [0.4, 0.5) is 5.13 Å². The summed E-state index contributed by atoms with van der Waals surface area (Å²) in [5.41, 5.74) is 2.34. The van der Waals surface area contributed by atoms with Crippen LogP contribution in [-0.4, -0.2) is 38.9 Å². The molecule has 1 aromatic carbocycles. The number of amides is 2. The van der Waals surface area contributed by atoms with Crippen LogP contribution in [-0.2, 0) is 11.3 Å². The van der Waals surface area contributed by atoms with Crippen LogP contribution < -0.4 is 15.4 Å². The molecule has 9 nitrogen and oxygen atoms in total. The lowest BCUT2D eigenvalue weighted by atomic mass is 10.2. The fourth-order valence-electron chi connectivity index (χ4n) is 2.95. The van der Waals surface area contributed by atoms with Gasteiger partial charge in [0.15, 0.2) is 10.8 Å². The van der Waals surface area contributed by atoms with Crippen molar-refractivity contribution in [1.82, 2.24) is 25.3 Å². The van der Waals surface area contributed by atoms with Crippen LogP contribution in [0.25, 0.3) is 16.3 Å². The van der Waals surface area contributed by atoms with E-state index < -0.39 is 0 Å². The number of hydrogen-bond acceptors (Lipinski definition) is 8. The van der Waals surface area contributed by atoms with Gasteiger partial charge in [0.1, 0.15) is 5.75 Å². The molecule has 0 aliphatic rings. The second-order valence-corrected chi connectivity index (χ2v) is 8.83. The standard InChI is InChI=1S/C21H20N6O3S2/c1-12-19(25-26-27(12)14-5-4-6-15(9-14)30-3)20(29)24-21-23-17(11-31-21)18-8-7-16(32-18)10-22-13(2)28/h4-9,11H,10H2,1-3H3,(H,22,28)(H,23,24,29). The molecule has 2 amide bonds. The summed E-state index contributed by atoms with van der Waals surface area (Å²) in [4.78, 5) is 30.4. The number of benzene rings is 1. The van der Waals surface area contributed by atoms with Crippen LogP contribution in [0.3, 0.4) is 0 Å². The van der Waals surface area contributed by atoms with E-state index in [1.807, 2.05) is 41.8 Å². The van der Waals surface area contributed by atoms with Gasteiger partial charge in [-0.05, 0) is 31.2 Å². The summed E-state index contributed by atoms with van der Waals surface area (Å²) in [6, 6.07) is 11.3. The summed E-state index contributed by atoms with van der Waals surface area (Å²) in [7, 11) is 1.59. The van der Waals surface area contributed by atoms with Crippen molar-refractivity contribution < 1.29 is 14.3 Å². The summed E-state index contributed by atoms with van der Waals surface area (Å²) in [5.74, 6) is 0.236. The van der Waals surface area contributed by atoms with Crippen molar-refractivity contribution in [2.75, 3.05) is 12.4 Å². The van der Waals surface area contributed by atoms with E-state index in [4.69, 9.17) is 4.74 Å². The van der Waals surface area contributed by atoms with Crippen molar-refractivity contribution in [1.29, 1.82) is 0 Å². The van der Waals surface area contributed by atoms with Gasteiger partial charge in [0.2, 0.25) is 5.91 Å². The lowest BCUT2D eigenvalue weighted by Crippen LogP contribution is -2.17. The summed E-state index contributed by atoms with van der Waals surface area (Å²) < 4.78 is 6.84. The molecule has 3 heterocycles. The van der Waals surface area contributed by atoms with Crippen LogP contribution >= 0.6 is 22.7 Å². The smallest absolute Gasteiger partial charge is 0.279 e. The summed E-state index contributed by atoms with van der Waals surface area (Å²) in [5, 5.41) is 16.1. The molecule has 0 aliphatic carbocycles. The maximum Gasteiger partial charge on any atom is 0.279 e. The number of nitrogens with one attached hydrogen (secondary N) is 2. The number of ether oxygens (including phenoxy) is 1. The Morgan fingerprint density at radius 1 is 1.22 bits per heavy atom. The molecule has 0 spiro atoms. The number of nitrogens with zero attached hydrogens (tertiary/aromatic N) is 4. The molecule has 0 saturated heterocycles. The van der Waals surface area contributed by atoms with E-state index >= 15 is 0 Å². The zero-order valence-corrected chi connectivity index (χ0v) is 19.2. The molecule has 4 rings (SSSR count). The van der Waals surface area contributed by atoms with Gasteiger partial charge in [-0.1, -0.05) is 11.3 Å². The molecular weight excluding hydrogens is 448 g/mol. The normalized spacial score (nSPS) is 10.7. The van der Waals surface area contributed by atoms with Gasteiger partial charge in [-0.25, -0.2) is 9.67 Å². The first-order valence-electron chi connectivity index (χ1n) is 9.61. The quantitative estimate of drug-likeness (QED) is 0.428. The minimum atomic E-state index is -0.380. The maximum atomic E-state index is 12.8. The van der Waals surface area contributed by atoms with E-state index in [0.717, 1.165) is 21.1 Å². The van der Waals surface area contributed by atoms with Crippen LogP contribution in [0.2, 0.25) is 0 Å². The van der Waals surface area contributed by atoms with E-state index in [0.29, 0.717) is 23.1 Å². The number of rotatable bonds is 7. The highest BCUT2D eigenvalue weighted by molar-refractivity contribution is 7.17. The Hall–Kier alpha value is -3.57. The lowest BCUT2D eigenvalue weighted by Gasteiger charge is -2.06. The molecule has 11 heteroatoms. The van der Waals surface area contributed by atoms with E-state index in [1.165, 1.54) is 18.3 Å². The average molecular weight is 469 g/mol. The fraction of sp³-hybridized carbons (Fsp3) is 0.190. The van der Waals surface area contributed by atoms with Gasteiger partial charge in [-0.2, -0.15) is 0 Å².